The van der Waals surface area contributed by atoms with Gasteiger partial charge in [0, 0.05) is 31.2 Å². The van der Waals surface area contributed by atoms with E-state index in [0.717, 1.165) is 12.8 Å². The molecule has 6 rings (SSSR count). The maximum Gasteiger partial charge on any atom is 0.176 e. The third-order valence-corrected chi connectivity index (χ3v) is 13.4. The Bertz CT molecular complexity index is 1340. The van der Waals surface area contributed by atoms with Crippen LogP contribution in [0.1, 0.15) is 59.3 Å². The number of aliphatic hydroxyl groups excluding tert-OH is 10. The van der Waals surface area contributed by atoms with E-state index in [4.69, 9.17) is 79.4 Å². The van der Waals surface area contributed by atoms with Crippen LogP contribution in [0, 0.1) is 17.8 Å². The molecule has 0 aromatic rings. The normalized spacial score (nSPS) is 51.9. The number of rotatable bonds is 9. The van der Waals surface area contributed by atoms with Crippen LogP contribution in [0.25, 0.3) is 0 Å². The van der Waals surface area contributed by atoms with Crippen LogP contribution in [-0.4, -0.2) is 217 Å². The molecule has 6 fully saturated rings. The third-order valence-electron chi connectivity index (χ3n) is 13.4. The molecule has 26 N–H and O–H groups in total. The lowest BCUT2D eigenvalue weighted by Crippen LogP contribution is -2.65. The molecule has 6 aliphatic rings. The zero-order valence-corrected chi connectivity index (χ0v) is 36.5. The monoisotopic (exact) mass is 917 g/mol. The Hall–Kier alpha value is -0.960. The number of nitrogens with two attached hydrogens (primary N) is 8. The third kappa shape index (κ3) is 13.4. The first-order valence-corrected chi connectivity index (χ1v) is 22.2. The first kappa shape index (κ1) is 54.6. The van der Waals surface area contributed by atoms with E-state index in [-0.39, 0.29) is 42.5 Å². The largest absolute Gasteiger partial charge is 0.394 e. The van der Waals surface area contributed by atoms with E-state index < -0.39 is 135 Å². The van der Waals surface area contributed by atoms with E-state index in [0.29, 0.717) is 32.2 Å². The van der Waals surface area contributed by atoms with Crippen LogP contribution in [-0.2, 0) is 28.4 Å². The minimum absolute atomic E-state index is 0.0578. The van der Waals surface area contributed by atoms with Crippen LogP contribution in [0.5, 0.6) is 0 Å². The molecule has 27 atom stereocenters. The quantitative estimate of drug-likeness (QED) is 0.102. The molecule has 3 aliphatic heterocycles. The standard InChI is InChI=1S/C13H27N3O5.C13H27N3O4.C13H26N2O7/c1-5-2-6(15)12(11(19)10(5)18)21-13-7(16)3-8(17)9(4-14)20-13;1-6-4-9(16)12(11(18)10(6)17)20-13-8(15)3-2-7(5-14)19-13;1-4-2-5(14)12(11(20)8(4)17)22-13-7(15)10(19)9(18)6(3-16)21-13/h5-13,17-19H,2-4,14-16H2,1H3;6-13,17-18H,2-5,14-16H2,1H3;4-13,16-20H,2-3,14-15H2,1H3. The van der Waals surface area contributed by atoms with Gasteiger partial charge in [0.25, 0.3) is 0 Å². The van der Waals surface area contributed by atoms with Gasteiger partial charge in [-0.25, -0.2) is 0 Å². The molecule has 3 heterocycles. The Kier molecular flexibility index (Phi) is 21.1. The predicted octanol–water partition coefficient (Wildman–Crippen LogP) is -8.30. The Morgan fingerprint density at radius 2 is 0.857 bits per heavy atom. The van der Waals surface area contributed by atoms with E-state index in [1.165, 1.54) is 0 Å². The van der Waals surface area contributed by atoms with E-state index in [1.807, 2.05) is 13.8 Å². The molecular formula is C39H80N8O16. The highest BCUT2D eigenvalue weighted by atomic mass is 16.7. The van der Waals surface area contributed by atoms with Crippen LogP contribution >= 0.6 is 0 Å². The van der Waals surface area contributed by atoms with Crippen molar-refractivity contribution in [3.8, 4) is 0 Å². The zero-order chi connectivity index (χ0) is 47.2. The fraction of sp³-hybridized carbons (Fsp3) is 1.00. The van der Waals surface area contributed by atoms with E-state index in [1.54, 1.807) is 6.92 Å². The molecule has 0 aromatic carbocycles. The highest BCUT2D eigenvalue weighted by molar-refractivity contribution is 4.99. The summed E-state index contributed by atoms with van der Waals surface area (Å²) in [6.07, 6.45) is -12.7. The van der Waals surface area contributed by atoms with Gasteiger partial charge in [-0.3, -0.25) is 0 Å². The van der Waals surface area contributed by atoms with Gasteiger partial charge in [0.2, 0.25) is 0 Å². The van der Waals surface area contributed by atoms with Crippen molar-refractivity contribution in [3.63, 3.8) is 0 Å². The molecule has 3 saturated heterocycles. The number of aliphatic hydroxyl groups is 10. The van der Waals surface area contributed by atoms with Crippen LogP contribution < -0.4 is 45.9 Å². The van der Waals surface area contributed by atoms with Gasteiger partial charge in [-0.1, -0.05) is 20.8 Å². The maximum absolute atomic E-state index is 10.1. The summed E-state index contributed by atoms with van der Waals surface area (Å²) in [6, 6.07) is -3.20. The molecule has 24 nitrogen and oxygen atoms in total. The average Bonchev–Trinajstić information content (AvgIpc) is 3.24. The zero-order valence-electron chi connectivity index (χ0n) is 36.5. The van der Waals surface area contributed by atoms with Gasteiger partial charge in [0.15, 0.2) is 18.9 Å². The number of hydrogen-bond donors (Lipinski definition) is 18. The second-order valence-corrected chi connectivity index (χ2v) is 18.5. The van der Waals surface area contributed by atoms with E-state index in [9.17, 15) is 46.0 Å². The highest BCUT2D eigenvalue weighted by Gasteiger charge is 2.49. The molecule has 27 unspecified atom stereocenters. The van der Waals surface area contributed by atoms with Crippen molar-refractivity contribution in [3.05, 3.63) is 0 Å². The fourth-order valence-electron chi connectivity index (χ4n) is 9.13. The predicted molar refractivity (Wildman–Crippen MR) is 223 cm³/mol. The summed E-state index contributed by atoms with van der Waals surface area (Å²) in [7, 11) is 0. The highest BCUT2D eigenvalue weighted by Crippen LogP contribution is 2.33. The summed E-state index contributed by atoms with van der Waals surface area (Å²) in [6.45, 7) is 5.49. The number of hydrogen-bond acceptors (Lipinski definition) is 24. The van der Waals surface area contributed by atoms with Crippen molar-refractivity contribution in [2.24, 2.45) is 63.6 Å². The lowest BCUT2D eigenvalue weighted by Gasteiger charge is -2.45. The molecule has 0 radical (unpaired) electrons. The summed E-state index contributed by atoms with van der Waals surface area (Å²) in [5.41, 5.74) is 46.8. The molecule has 372 valence electrons. The maximum atomic E-state index is 10.1. The first-order chi connectivity index (χ1) is 29.6. The summed E-state index contributed by atoms with van der Waals surface area (Å²) in [4.78, 5) is 0. The summed E-state index contributed by atoms with van der Waals surface area (Å²) >= 11 is 0. The molecule has 0 amide bonds. The van der Waals surface area contributed by atoms with Crippen molar-refractivity contribution in [1.82, 2.24) is 0 Å². The molecule has 3 aliphatic carbocycles. The summed E-state index contributed by atoms with van der Waals surface area (Å²) < 4.78 is 33.7. The van der Waals surface area contributed by atoms with Crippen LogP contribution in [0.2, 0.25) is 0 Å². The van der Waals surface area contributed by atoms with Gasteiger partial charge >= 0.3 is 0 Å². The van der Waals surface area contributed by atoms with Gasteiger partial charge in [-0.15, -0.1) is 0 Å². The second-order valence-electron chi connectivity index (χ2n) is 18.5. The molecule has 0 spiro atoms. The Morgan fingerprint density at radius 3 is 1.27 bits per heavy atom. The van der Waals surface area contributed by atoms with Crippen molar-refractivity contribution in [2.45, 2.75) is 206 Å². The minimum atomic E-state index is -1.35. The SMILES string of the molecule is CC1CC(N)C(OC2OC(CN)C(O)CC2N)C(O)C1O.CC1CC(N)C(OC2OC(CN)CCC2N)C(O)C1O.CC1CC(N)C(OC2OC(CO)C(O)C(O)C2N)C(O)C1O. The molecule has 0 aromatic heterocycles. The molecule has 63 heavy (non-hydrogen) atoms. The lowest BCUT2D eigenvalue weighted by molar-refractivity contribution is -0.295. The lowest BCUT2D eigenvalue weighted by atomic mass is 9.80. The smallest absolute Gasteiger partial charge is 0.176 e. The Morgan fingerprint density at radius 1 is 0.444 bits per heavy atom. The fourth-order valence-corrected chi connectivity index (χ4v) is 9.13. The topological polar surface area (TPSA) is 466 Å². The van der Waals surface area contributed by atoms with Gasteiger partial charge < -0.3 is 125 Å². The van der Waals surface area contributed by atoms with Gasteiger partial charge in [-0.05, 0) is 56.3 Å². The molecule has 3 saturated carbocycles. The summed E-state index contributed by atoms with van der Waals surface area (Å²) in [5.74, 6) is -0.338. The van der Waals surface area contributed by atoms with E-state index in [2.05, 4.69) is 0 Å². The second kappa shape index (κ2) is 24.4. The summed E-state index contributed by atoms with van der Waals surface area (Å²) in [5, 5.41) is 98.8. The van der Waals surface area contributed by atoms with Crippen LogP contribution in [0.4, 0.5) is 0 Å². The van der Waals surface area contributed by atoms with Crippen LogP contribution in [0.15, 0.2) is 0 Å². The molecule has 24 heteroatoms. The Labute approximate surface area is 368 Å². The number of ether oxygens (including phenoxy) is 6. The molecular weight excluding hydrogens is 836 g/mol. The van der Waals surface area contributed by atoms with Gasteiger partial charge in [0.1, 0.15) is 54.9 Å². The van der Waals surface area contributed by atoms with E-state index >= 15 is 0 Å². The van der Waals surface area contributed by atoms with Gasteiger partial charge in [0.05, 0.1) is 61.4 Å². The van der Waals surface area contributed by atoms with Crippen LogP contribution in [0.3, 0.4) is 0 Å². The Balaban J connectivity index is 0.000000208. The van der Waals surface area contributed by atoms with Gasteiger partial charge in [-0.2, -0.15) is 0 Å². The first-order valence-electron chi connectivity index (χ1n) is 22.2. The van der Waals surface area contributed by atoms with Crippen molar-refractivity contribution in [2.75, 3.05) is 19.7 Å². The minimum Gasteiger partial charge on any atom is -0.394 e. The van der Waals surface area contributed by atoms with Crippen molar-refractivity contribution in [1.29, 1.82) is 0 Å². The van der Waals surface area contributed by atoms with Crippen molar-refractivity contribution >= 4 is 0 Å². The molecule has 0 bridgehead atoms. The van der Waals surface area contributed by atoms with Crippen molar-refractivity contribution < 1.29 is 79.5 Å². The average molecular weight is 917 g/mol.